The van der Waals surface area contributed by atoms with Crippen LogP contribution in [0.25, 0.3) is 16.9 Å². The van der Waals surface area contributed by atoms with Crippen molar-refractivity contribution in [2.24, 2.45) is 5.92 Å². The molecule has 222 valence electrons. The Morgan fingerprint density at radius 1 is 1.05 bits per heavy atom. The lowest BCUT2D eigenvalue weighted by atomic mass is 9.84. The molecule has 0 spiro atoms. The third-order valence-electron chi connectivity index (χ3n) is 6.99. The summed E-state index contributed by atoms with van der Waals surface area (Å²) in [4.78, 5) is 39.3. The smallest absolute Gasteiger partial charge is 0.362 e. The van der Waals surface area contributed by atoms with Gasteiger partial charge in [-0.05, 0) is 64.7 Å². The fourth-order valence-electron chi connectivity index (χ4n) is 5.02. The van der Waals surface area contributed by atoms with E-state index in [-0.39, 0.29) is 22.6 Å². The number of aryl methyl sites for hydroxylation is 1. The van der Waals surface area contributed by atoms with Crippen LogP contribution >= 0.6 is 15.9 Å². The first kappa shape index (κ1) is 29.7. The predicted molar refractivity (Wildman–Crippen MR) is 165 cm³/mol. The van der Waals surface area contributed by atoms with Crippen molar-refractivity contribution in [1.29, 1.82) is 0 Å². The number of hydrogen-bond acceptors (Lipinski definition) is 6. The lowest BCUT2D eigenvalue weighted by Crippen LogP contribution is -2.23. The molecule has 0 saturated heterocycles. The molecule has 0 bridgehead atoms. The Bertz CT molecular complexity index is 1900. The van der Waals surface area contributed by atoms with Crippen LogP contribution in [-0.2, 0) is 0 Å². The van der Waals surface area contributed by atoms with E-state index in [1.807, 2.05) is 44.2 Å². The number of nitrogens with zero attached hydrogens (tertiary/aromatic N) is 1. The molecular formula is C32H30BrN3O7. The number of carboxylic acids is 1. The quantitative estimate of drug-likeness (QED) is 0.166. The number of halogens is 1. The molecule has 10 nitrogen and oxygen atoms in total. The zero-order valence-electron chi connectivity index (χ0n) is 23.9. The molecule has 0 saturated carbocycles. The van der Waals surface area contributed by atoms with Gasteiger partial charge in [-0.1, -0.05) is 50.2 Å². The monoisotopic (exact) mass is 647 g/mol. The summed E-state index contributed by atoms with van der Waals surface area (Å²) in [7, 11) is 1.52. The number of rotatable bonds is 10. The summed E-state index contributed by atoms with van der Waals surface area (Å²) < 4.78 is 18.9. The minimum absolute atomic E-state index is 0.0260. The van der Waals surface area contributed by atoms with E-state index in [0.717, 1.165) is 0 Å². The van der Waals surface area contributed by atoms with Crippen LogP contribution in [0.3, 0.4) is 0 Å². The minimum atomic E-state index is -1.12. The van der Waals surface area contributed by atoms with Crippen molar-refractivity contribution in [2.75, 3.05) is 13.7 Å². The van der Waals surface area contributed by atoms with Crippen molar-refractivity contribution in [3.8, 4) is 28.4 Å². The third kappa shape index (κ3) is 5.80. The van der Waals surface area contributed by atoms with Gasteiger partial charge in [-0.15, -0.1) is 0 Å². The third-order valence-corrected chi connectivity index (χ3v) is 7.58. The molecule has 1 atom stereocenters. The standard InChI is InChI=1S/C32H30BrN3O7/c1-17(2)16-42-29-23(33)14-21(15-24(29)41-4)26(27-28(35-43-32(27)40)19-9-6-5-7-10-19)25-18(3)34-36(30(25)37)22-12-8-11-20(13-22)31(38)39/h5-15,17,26,34-35H,16H2,1-4H3,(H,38,39). The molecule has 2 heterocycles. The highest BCUT2D eigenvalue weighted by atomic mass is 79.9. The molecule has 5 aromatic rings. The highest BCUT2D eigenvalue weighted by molar-refractivity contribution is 9.10. The van der Waals surface area contributed by atoms with Gasteiger partial charge in [0, 0.05) is 11.3 Å². The van der Waals surface area contributed by atoms with Gasteiger partial charge in [0.1, 0.15) is 0 Å². The van der Waals surface area contributed by atoms with Crippen molar-refractivity contribution >= 4 is 21.9 Å². The summed E-state index contributed by atoms with van der Waals surface area (Å²) in [6, 6.07) is 18.8. The minimum Gasteiger partial charge on any atom is -0.493 e. The lowest BCUT2D eigenvalue weighted by molar-refractivity contribution is 0.0697. The van der Waals surface area contributed by atoms with Gasteiger partial charge in [-0.25, -0.2) is 19.4 Å². The number of methoxy groups -OCH3 is 1. The maximum Gasteiger partial charge on any atom is 0.362 e. The molecule has 0 fully saturated rings. The number of aromatic carboxylic acids is 1. The molecule has 0 aliphatic rings. The normalized spacial score (nSPS) is 12.0. The van der Waals surface area contributed by atoms with Gasteiger partial charge in [0.15, 0.2) is 11.5 Å². The molecule has 0 aliphatic heterocycles. The second kappa shape index (κ2) is 12.2. The summed E-state index contributed by atoms with van der Waals surface area (Å²) >= 11 is 3.61. The first-order chi connectivity index (χ1) is 20.6. The molecule has 11 heteroatoms. The van der Waals surface area contributed by atoms with Crippen molar-refractivity contribution in [3.05, 3.63) is 120 Å². The molecule has 0 aliphatic carbocycles. The lowest BCUT2D eigenvalue weighted by Gasteiger charge is -2.20. The summed E-state index contributed by atoms with van der Waals surface area (Å²) in [5, 5.41) is 15.3. The van der Waals surface area contributed by atoms with E-state index < -0.39 is 23.1 Å². The SMILES string of the molecule is COc1cc(C(c2c(-c3ccccc3)[nH]oc2=O)c2c(C)[nH]n(-c3cccc(C(=O)O)c3)c2=O)cc(Br)c1OCC(C)C. The number of carboxylic acid groups (broad SMARTS) is 1. The van der Waals surface area contributed by atoms with Crippen LogP contribution in [0.1, 0.15) is 52.5 Å². The second-order valence-corrected chi connectivity index (χ2v) is 11.3. The highest BCUT2D eigenvalue weighted by Gasteiger charge is 2.33. The average molecular weight is 649 g/mol. The van der Waals surface area contributed by atoms with Crippen LogP contribution in [0, 0.1) is 12.8 Å². The molecule has 43 heavy (non-hydrogen) atoms. The summed E-state index contributed by atoms with van der Waals surface area (Å²) in [6.45, 7) is 6.25. The Morgan fingerprint density at radius 2 is 1.79 bits per heavy atom. The van der Waals surface area contributed by atoms with Crippen molar-refractivity contribution in [3.63, 3.8) is 0 Å². The van der Waals surface area contributed by atoms with Gasteiger partial charge in [0.05, 0.1) is 52.2 Å². The molecule has 0 amide bonds. The van der Waals surface area contributed by atoms with E-state index >= 15 is 0 Å². The van der Waals surface area contributed by atoms with E-state index in [1.54, 1.807) is 31.2 Å². The van der Waals surface area contributed by atoms with Gasteiger partial charge >= 0.3 is 11.6 Å². The maximum absolute atomic E-state index is 14.2. The van der Waals surface area contributed by atoms with Crippen LogP contribution in [0.15, 0.2) is 85.3 Å². The number of aromatic amines is 2. The zero-order chi connectivity index (χ0) is 30.8. The van der Waals surface area contributed by atoms with E-state index in [2.05, 4.69) is 26.2 Å². The first-order valence-corrected chi connectivity index (χ1v) is 14.3. The summed E-state index contributed by atoms with van der Waals surface area (Å²) in [5.41, 5.74) is 1.91. The molecular weight excluding hydrogens is 618 g/mol. The van der Waals surface area contributed by atoms with Crippen molar-refractivity contribution in [2.45, 2.75) is 26.7 Å². The second-order valence-electron chi connectivity index (χ2n) is 10.5. The number of ether oxygens (including phenoxy) is 2. The van der Waals surface area contributed by atoms with Crippen LogP contribution in [0.2, 0.25) is 0 Å². The number of carbonyl (C=O) groups is 1. The molecule has 2 aromatic heterocycles. The van der Waals surface area contributed by atoms with Crippen LogP contribution < -0.4 is 20.7 Å². The van der Waals surface area contributed by atoms with Gasteiger partial charge in [0.25, 0.3) is 5.56 Å². The number of H-pyrrole nitrogens is 2. The number of nitrogens with one attached hydrogen (secondary N) is 2. The van der Waals surface area contributed by atoms with Gasteiger partial charge in [0.2, 0.25) is 0 Å². The summed E-state index contributed by atoms with van der Waals surface area (Å²) in [5.74, 6) is -0.863. The van der Waals surface area contributed by atoms with Crippen molar-refractivity contribution in [1.82, 2.24) is 14.9 Å². The first-order valence-electron chi connectivity index (χ1n) is 13.5. The van der Waals surface area contributed by atoms with Crippen LogP contribution in [-0.4, -0.2) is 39.7 Å². The van der Waals surface area contributed by atoms with Crippen LogP contribution in [0.5, 0.6) is 11.5 Å². The van der Waals surface area contributed by atoms with E-state index in [1.165, 1.54) is 23.9 Å². The summed E-state index contributed by atoms with van der Waals surface area (Å²) in [6.07, 6.45) is 0. The molecule has 3 aromatic carbocycles. The predicted octanol–water partition coefficient (Wildman–Crippen LogP) is 6.11. The zero-order valence-corrected chi connectivity index (χ0v) is 25.5. The van der Waals surface area contributed by atoms with Crippen molar-refractivity contribution < 1.29 is 23.9 Å². The Kier molecular flexibility index (Phi) is 8.45. The molecule has 3 N–H and O–H groups in total. The number of aromatic nitrogens is 3. The van der Waals surface area contributed by atoms with E-state index in [9.17, 15) is 19.5 Å². The van der Waals surface area contributed by atoms with E-state index in [4.69, 9.17) is 14.0 Å². The molecule has 1 unspecified atom stereocenters. The largest absolute Gasteiger partial charge is 0.493 e. The molecule has 5 rings (SSSR count). The van der Waals surface area contributed by atoms with Gasteiger partial charge < -0.3 is 19.1 Å². The highest BCUT2D eigenvalue weighted by Crippen LogP contribution is 2.43. The fraction of sp³-hybridized carbons (Fsp3) is 0.219. The fourth-order valence-corrected chi connectivity index (χ4v) is 5.60. The average Bonchev–Trinajstić information content (AvgIpc) is 3.51. The number of hydrogen-bond donors (Lipinski definition) is 3. The van der Waals surface area contributed by atoms with Gasteiger partial charge in [-0.3, -0.25) is 9.89 Å². The topological polar surface area (TPSA) is 140 Å². The Balaban J connectivity index is 1.78. The number of benzene rings is 3. The van der Waals surface area contributed by atoms with Crippen LogP contribution in [0.4, 0.5) is 0 Å². The van der Waals surface area contributed by atoms with Gasteiger partial charge in [-0.2, -0.15) is 0 Å². The Hall–Kier alpha value is -4.77. The Labute approximate surface area is 255 Å². The van der Waals surface area contributed by atoms with E-state index in [0.29, 0.717) is 50.8 Å². The Morgan fingerprint density at radius 3 is 2.47 bits per heavy atom. The maximum atomic E-state index is 14.2. The molecule has 0 radical (unpaired) electrons.